The van der Waals surface area contributed by atoms with E-state index in [-0.39, 0.29) is 17.0 Å². The van der Waals surface area contributed by atoms with Crippen molar-refractivity contribution in [3.05, 3.63) is 54.1 Å². The van der Waals surface area contributed by atoms with Crippen molar-refractivity contribution in [3.63, 3.8) is 0 Å². The predicted molar refractivity (Wildman–Crippen MR) is 95.6 cm³/mol. The van der Waals surface area contributed by atoms with Crippen LogP contribution in [-0.4, -0.2) is 34.6 Å². The maximum atomic E-state index is 12.4. The van der Waals surface area contributed by atoms with Crippen LogP contribution < -0.4 is 14.2 Å². The maximum Gasteiger partial charge on any atom is 0.573 e. The fourth-order valence-electron chi connectivity index (χ4n) is 2.21. The normalized spacial score (nSPS) is 12.0. The van der Waals surface area contributed by atoms with E-state index in [1.807, 2.05) is 6.92 Å². The summed E-state index contributed by atoms with van der Waals surface area (Å²) in [5.74, 6) is 0.0123. The molecule has 0 aliphatic rings. The zero-order valence-electron chi connectivity index (χ0n) is 15.0. The van der Waals surface area contributed by atoms with Crippen LogP contribution in [0.25, 0.3) is 0 Å². The van der Waals surface area contributed by atoms with Crippen molar-refractivity contribution >= 4 is 10.0 Å². The second-order valence-corrected chi connectivity index (χ2v) is 7.26. The number of hydrogen-bond donors (Lipinski definition) is 1. The molecule has 6 nitrogen and oxygen atoms in total. The molecule has 0 aliphatic carbocycles. The van der Waals surface area contributed by atoms with Crippen LogP contribution in [0.1, 0.15) is 12.5 Å². The fourth-order valence-corrected chi connectivity index (χ4v) is 3.21. The van der Waals surface area contributed by atoms with Gasteiger partial charge in [-0.25, -0.2) is 13.1 Å². The van der Waals surface area contributed by atoms with Gasteiger partial charge in [0.15, 0.2) is 0 Å². The minimum absolute atomic E-state index is 0.0427. The summed E-state index contributed by atoms with van der Waals surface area (Å²) in [6, 6.07) is 11.0. The minimum atomic E-state index is -4.87. The van der Waals surface area contributed by atoms with E-state index in [1.54, 1.807) is 0 Å². The highest BCUT2D eigenvalue weighted by molar-refractivity contribution is 7.89. The maximum absolute atomic E-state index is 12.4. The van der Waals surface area contributed by atoms with Gasteiger partial charge in [0, 0.05) is 18.7 Å². The third-order valence-electron chi connectivity index (χ3n) is 3.49. The number of alkyl halides is 3. The number of para-hydroxylation sites is 1. The van der Waals surface area contributed by atoms with Crippen LogP contribution >= 0.6 is 0 Å². The number of hydrogen-bond acceptors (Lipinski definition) is 5. The molecule has 28 heavy (non-hydrogen) atoms. The summed E-state index contributed by atoms with van der Waals surface area (Å²) in [6.45, 7) is 2.82. The Labute approximate surface area is 161 Å². The number of benzene rings is 2. The van der Waals surface area contributed by atoms with Crippen LogP contribution in [0.2, 0.25) is 0 Å². The number of rotatable bonds is 10. The van der Waals surface area contributed by atoms with Gasteiger partial charge in [-0.2, -0.15) is 0 Å². The summed E-state index contributed by atoms with van der Waals surface area (Å²) in [7, 11) is -3.93. The molecular weight excluding hydrogens is 399 g/mol. The summed E-state index contributed by atoms with van der Waals surface area (Å²) in [5.41, 5.74) is 0.0549. The van der Waals surface area contributed by atoms with Crippen molar-refractivity contribution < 1.29 is 35.8 Å². The van der Waals surface area contributed by atoms with Gasteiger partial charge in [-0.3, -0.25) is 0 Å². The number of nitrogens with one attached hydrogen (secondary N) is 1. The highest BCUT2D eigenvalue weighted by atomic mass is 32.2. The lowest BCUT2D eigenvalue weighted by molar-refractivity contribution is -0.274. The average Bonchev–Trinajstić information content (AvgIpc) is 2.64. The topological polar surface area (TPSA) is 73.9 Å². The van der Waals surface area contributed by atoms with Gasteiger partial charge in [-0.15, -0.1) is 13.2 Å². The lowest BCUT2D eigenvalue weighted by atomic mass is 10.2. The Morgan fingerprint density at radius 1 is 1.00 bits per heavy atom. The average molecular weight is 419 g/mol. The van der Waals surface area contributed by atoms with Crippen LogP contribution in [-0.2, 0) is 21.3 Å². The van der Waals surface area contributed by atoms with E-state index in [0.29, 0.717) is 25.6 Å². The Balaban J connectivity index is 2.01. The number of halogens is 3. The Hall–Kier alpha value is -2.30. The molecule has 0 radical (unpaired) electrons. The van der Waals surface area contributed by atoms with Crippen molar-refractivity contribution in [2.75, 3.05) is 19.8 Å². The summed E-state index contributed by atoms with van der Waals surface area (Å²) in [5, 5.41) is 0. The first-order valence-electron chi connectivity index (χ1n) is 8.35. The van der Waals surface area contributed by atoms with E-state index in [9.17, 15) is 21.6 Å². The summed E-state index contributed by atoms with van der Waals surface area (Å²) in [6.07, 6.45) is -4.87. The van der Waals surface area contributed by atoms with E-state index >= 15 is 0 Å². The van der Waals surface area contributed by atoms with Gasteiger partial charge < -0.3 is 14.2 Å². The Kier molecular flexibility index (Phi) is 7.67. The molecule has 0 bridgehead atoms. The molecule has 0 spiro atoms. The molecule has 2 aromatic carbocycles. The van der Waals surface area contributed by atoms with Crippen LogP contribution in [0.5, 0.6) is 11.5 Å². The highest BCUT2D eigenvalue weighted by Gasteiger charge is 2.32. The van der Waals surface area contributed by atoms with Gasteiger partial charge >= 0.3 is 6.36 Å². The molecule has 0 heterocycles. The quantitative estimate of drug-likeness (QED) is 0.597. The second kappa shape index (κ2) is 9.76. The van der Waals surface area contributed by atoms with Gasteiger partial charge in [-0.1, -0.05) is 18.2 Å². The van der Waals surface area contributed by atoms with Crippen molar-refractivity contribution in [1.82, 2.24) is 4.72 Å². The summed E-state index contributed by atoms with van der Waals surface area (Å²) >= 11 is 0. The first kappa shape index (κ1) is 22.0. The van der Waals surface area contributed by atoms with Gasteiger partial charge in [0.1, 0.15) is 18.1 Å². The third kappa shape index (κ3) is 7.02. The molecule has 1 N–H and O–H groups in total. The first-order valence-corrected chi connectivity index (χ1v) is 9.83. The van der Waals surface area contributed by atoms with E-state index in [1.165, 1.54) is 42.5 Å². The van der Waals surface area contributed by atoms with Crippen molar-refractivity contribution in [2.24, 2.45) is 0 Å². The zero-order valence-corrected chi connectivity index (χ0v) is 15.8. The fraction of sp³-hybridized carbons (Fsp3) is 0.333. The van der Waals surface area contributed by atoms with Crippen molar-refractivity contribution in [3.8, 4) is 11.5 Å². The molecule has 2 rings (SSSR count). The van der Waals surface area contributed by atoms with E-state index in [2.05, 4.69) is 9.46 Å². The zero-order chi connectivity index (χ0) is 20.6. The minimum Gasteiger partial charge on any atom is -0.491 e. The van der Waals surface area contributed by atoms with Gasteiger partial charge in [0.25, 0.3) is 0 Å². The Bertz CT molecular complexity index is 854. The van der Waals surface area contributed by atoms with Crippen LogP contribution in [0.15, 0.2) is 53.4 Å². The van der Waals surface area contributed by atoms with Gasteiger partial charge in [-0.05, 0) is 37.3 Å². The molecule has 10 heteroatoms. The molecule has 0 saturated heterocycles. The lowest BCUT2D eigenvalue weighted by Crippen LogP contribution is -2.24. The highest BCUT2D eigenvalue weighted by Crippen LogP contribution is 2.26. The molecule has 154 valence electrons. The number of ether oxygens (including phenoxy) is 3. The second-order valence-electron chi connectivity index (χ2n) is 5.50. The first-order chi connectivity index (χ1) is 13.2. The van der Waals surface area contributed by atoms with Gasteiger partial charge in [0.2, 0.25) is 10.0 Å². The van der Waals surface area contributed by atoms with E-state index in [4.69, 9.17) is 9.47 Å². The van der Waals surface area contributed by atoms with Gasteiger partial charge in [0.05, 0.1) is 11.5 Å². The molecule has 0 fully saturated rings. The largest absolute Gasteiger partial charge is 0.573 e. The lowest BCUT2D eigenvalue weighted by Gasteiger charge is -2.14. The molecule has 0 aromatic heterocycles. The van der Waals surface area contributed by atoms with Crippen molar-refractivity contribution in [1.29, 1.82) is 0 Å². The molecule has 0 saturated carbocycles. The number of sulfonamides is 1. The van der Waals surface area contributed by atoms with Crippen LogP contribution in [0.3, 0.4) is 0 Å². The van der Waals surface area contributed by atoms with Crippen LogP contribution in [0.4, 0.5) is 13.2 Å². The van der Waals surface area contributed by atoms with E-state index < -0.39 is 22.1 Å². The SMILES string of the molecule is CCOCCOc1ccc(S(=O)(=O)NCc2ccccc2OC(F)(F)F)cc1. The smallest absolute Gasteiger partial charge is 0.491 e. The molecule has 2 aromatic rings. The summed E-state index contributed by atoms with van der Waals surface area (Å²) < 4.78 is 78.8. The predicted octanol–water partition coefficient (Wildman–Crippen LogP) is 3.48. The summed E-state index contributed by atoms with van der Waals surface area (Å²) in [4.78, 5) is -0.0427. The standard InChI is InChI=1S/C18H20F3NO5S/c1-2-25-11-12-26-15-7-9-16(10-8-15)28(23,24)22-13-14-5-3-4-6-17(14)27-18(19,20)21/h3-10,22H,2,11-13H2,1H3. The van der Waals surface area contributed by atoms with E-state index in [0.717, 1.165) is 6.07 Å². The van der Waals surface area contributed by atoms with Crippen molar-refractivity contribution in [2.45, 2.75) is 24.7 Å². The molecular formula is C18H20F3NO5S. The monoisotopic (exact) mass is 419 g/mol. The molecule has 0 atom stereocenters. The third-order valence-corrected chi connectivity index (χ3v) is 4.90. The Morgan fingerprint density at radius 3 is 2.32 bits per heavy atom. The molecule has 0 unspecified atom stereocenters. The molecule has 0 amide bonds. The molecule has 0 aliphatic heterocycles. The Morgan fingerprint density at radius 2 is 1.68 bits per heavy atom. The van der Waals surface area contributed by atoms with Crippen LogP contribution in [0, 0.1) is 0 Å².